The molecule has 1 aromatic heterocycles. The third-order valence-corrected chi connectivity index (χ3v) is 6.12. The van der Waals surface area contributed by atoms with Gasteiger partial charge in [-0.25, -0.2) is 0 Å². The minimum absolute atomic E-state index is 0.00478. The van der Waals surface area contributed by atoms with Crippen LogP contribution >= 0.6 is 0 Å². The zero-order valence-corrected chi connectivity index (χ0v) is 12.0. The van der Waals surface area contributed by atoms with Crippen LogP contribution in [0, 0.1) is 17.8 Å². The van der Waals surface area contributed by atoms with E-state index in [1.165, 1.54) is 44.2 Å². The lowest BCUT2D eigenvalue weighted by atomic mass is 9.49. The second-order valence-electron chi connectivity index (χ2n) is 7.52. The van der Waals surface area contributed by atoms with Gasteiger partial charge < -0.3 is 10.8 Å². The number of nitrogens with zero attached hydrogens (tertiary/aromatic N) is 1. The Morgan fingerprint density at radius 2 is 1.85 bits per heavy atom. The standard InChI is InChI=1S/C16H25N3O/c17-8-13(9-20)14-4-15(19-18-14)16-5-10-1-11(6-16)3-12(2-10)7-16/h4,10-13,20H,1-3,5-9,17H2,(H,18,19). The fraction of sp³-hybridized carbons (Fsp3) is 0.812. The van der Waals surface area contributed by atoms with Gasteiger partial charge in [0.05, 0.1) is 12.3 Å². The molecule has 4 N–H and O–H groups in total. The van der Waals surface area contributed by atoms with Crippen LogP contribution in [0.1, 0.15) is 55.8 Å². The summed E-state index contributed by atoms with van der Waals surface area (Å²) in [5.41, 5.74) is 8.32. The van der Waals surface area contributed by atoms with Crippen molar-refractivity contribution < 1.29 is 5.11 Å². The van der Waals surface area contributed by atoms with Crippen molar-refractivity contribution >= 4 is 0 Å². The van der Waals surface area contributed by atoms with Crippen molar-refractivity contribution in [3.8, 4) is 0 Å². The van der Waals surface area contributed by atoms with Crippen LogP contribution in [-0.4, -0.2) is 28.5 Å². The lowest BCUT2D eigenvalue weighted by molar-refractivity contribution is -0.00722. The summed E-state index contributed by atoms with van der Waals surface area (Å²) in [6, 6.07) is 2.20. The van der Waals surface area contributed by atoms with E-state index in [0.717, 1.165) is 23.4 Å². The highest BCUT2D eigenvalue weighted by Gasteiger charge is 2.52. The Hall–Kier alpha value is -0.870. The molecule has 0 aliphatic heterocycles. The number of aliphatic hydroxyl groups excluding tert-OH is 1. The van der Waals surface area contributed by atoms with E-state index in [1.807, 2.05) is 0 Å². The van der Waals surface area contributed by atoms with Crippen LogP contribution < -0.4 is 5.73 Å². The van der Waals surface area contributed by atoms with Gasteiger partial charge in [-0.05, 0) is 62.3 Å². The molecule has 0 spiro atoms. The Bertz CT molecular complexity index is 456. The summed E-state index contributed by atoms with van der Waals surface area (Å²) in [4.78, 5) is 0. The zero-order chi connectivity index (χ0) is 13.7. The van der Waals surface area contributed by atoms with Gasteiger partial charge in [0.25, 0.3) is 0 Å². The number of hydrogen-bond acceptors (Lipinski definition) is 3. The smallest absolute Gasteiger partial charge is 0.0687 e. The van der Waals surface area contributed by atoms with Crippen molar-refractivity contribution in [3.05, 3.63) is 17.5 Å². The van der Waals surface area contributed by atoms with Crippen LogP contribution in [0.15, 0.2) is 6.07 Å². The van der Waals surface area contributed by atoms with E-state index in [-0.39, 0.29) is 12.5 Å². The summed E-state index contributed by atoms with van der Waals surface area (Å²) in [6.07, 6.45) is 8.36. The van der Waals surface area contributed by atoms with E-state index in [1.54, 1.807) is 0 Å². The van der Waals surface area contributed by atoms with Gasteiger partial charge >= 0.3 is 0 Å². The van der Waals surface area contributed by atoms with E-state index in [9.17, 15) is 5.11 Å². The maximum absolute atomic E-state index is 9.40. The summed E-state index contributed by atoms with van der Waals surface area (Å²) in [7, 11) is 0. The minimum atomic E-state index is 0.00478. The summed E-state index contributed by atoms with van der Waals surface area (Å²) in [5.74, 6) is 2.81. The molecule has 4 nitrogen and oxygen atoms in total. The normalized spacial score (nSPS) is 40.2. The minimum Gasteiger partial charge on any atom is -0.396 e. The molecule has 4 fully saturated rings. The van der Waals surface area contributed by atoms with E-state index in [0.29, 0.717) is 12.0 Å². The number of aromatic amines is 1. The highest BCUT2D eigenvalue weighted by Crippen LogP contribution is 2.60. The predicted molar refractivity (Wildman–Crippen MR) is 77.3 cm³/mol. The van der Waals surface area contributed by atoms with Crippen molar-refractivity contribution in [1.29, 1.82) is 0 Å². The molecule has 4 saturated carbocycles. The monoisotopic (exact) mass is 275 g/mol. The molecule has 1 unspecified atom stereocenters. The summed E-state index contributed by atoms with van der Waals surface area (Å²) in [5, 5.41) is 17.2. The lowest BCUT2D eigenvalue weighted by Gasteiger charge is -2.56. The van der Waals surface area contributed by atoms with Gasteiger partial charge in [0.15, 0.2) is 0 Å². The van der Waals surface area contributed by atoms with Crippen molar-refractivity contribution in [2.24, 2.45) is 23.5 Å². The number of H-pyrrole nitrogens is 1. The van der Waals surface area contributed by atoms with Crippen molar-refractivity contribution in [2.75, 3.05) is 13.2 Å². The molecule has 1 aromatic rings. The molecule has 5 rings (SSSR count). The molecule has 1 heterocycles. The Kier molecular flexibility index (Phi) is 2.93. The summed E-state index contributed by atoms with van der Waals surface area (Å²) < 4.78 is 0. The van der Waals surface area contributed by atoms with Crippen LogP contribution in [0.5, 0.6) is 0 Å². The maximum Gasteiger partial charge on any atom is 0.0687 e. The van der Waals surface area contributed by atoms with Crippen molar-refractivity contribution in [2.45, 2.75) is 49.9 Å². The Balaban J connectivity index is 1.64. The number of rotatable bonds is 4. The van der Waals surface area contributed by atoms with E-state index >= 15 is 0 Å². The maximum atomic E-state index is 9.40. The van der Waals surface area contributed by atoms with Crippen molar-refractivity contribution in [3.63, 3.8) is 0 Å². The third-order valence-electron chi connectivity index (χ3n) is 6.12. The average Bonchev–Trinajstić information content (AvgIpc) is 2.89. The first-order chi connectivity index (χ1) is 9.72. The molecule has 0 aromatic carbocycles. The second-order valence-corrected chi connectivity index (χ2v) is 7.52. The first-order valence-corrected chi connectivity index (χ1v) is 8.09. The Morgan fingerprint density at radius 1 is 1.25 bits per heavy atom. The number of nitrogens with two attached hydrogens (primary N) is 1. The van der Waals surface area contributed by atoms with Gasteiger partial charge in [-0.15, -0.1) is 0 Å². The number of hydrogen-bond donors (Lipinski definition) is 3. The van der Waals surface area contributed by atoms with Gasteiger partial charge in [-0.2, -0.15) is 5.10 Å². The van der Waals surface area contributed by atoms with E-state index in [2.05, 4.69) is 16.3 Å². The number of aromatic nitrogens is 2. The Morgan fingerprint density at radius 3 is 2.35 bits per heavy atom. The van der Waals surface area contributed by atoms with Crippen LogP contribution in [0.25, 0.3) is 0 Å². The quantitative estimate of drug-likeness (QED) is 0.785. The van der Waals surface area contributed by atoms with Crippen LogP contribution in [0.3, 0.4) is 0 Å². The second kappa shape index (κ2) is 4.57. The molecule has 0 radical (unpaired) electrons. The fourth-order valence-corrected chi connectivity index (χ4v) is 5.54. The topological polar surface area (TPSA) is 74.9 Å². The summed E-state index contributed by atoms with van der Waals surface area (Å²) in [6.45, 7) is 0.567. The fourth-order valence-electron chi connectivity index (χ4n) is 5.54. The number of nitrogens with one attached hydrogen (secondary N) is 1. The molecule has 4 bridgehead atoms. The largest absolute Gasteiger partial charge is 0.396 e. The molecule has 20 heavy (non-hydrogen) atoms. The third kappa shape index (κ3) is 1.85. The molecular formula is C16H25N3O. The first-order valence-electron chi connectivity index (χ1n) is 8.09. The molecule has 110 valence electrons. The molecular weight excluding hydrogens is 250 g/mol. The first kappa shape index (κ1) is 12.8. The summed E-state index contributed by atoms with van der Waals surface area (Å²) >= 11 is 0. The molecule has 0 amide bonds. The molecule has 0 saturated heterocycles. The highest BCUT2D eigenvalue weighted by atomic mass is 16.3. The molecule has 1 atom stereocenters. The molecule has 4 heteroatoms. The molecule has 4 aliphatic carbocycles. The van der Waals surface area contributed by atoms with Gasteiger partial charge in [0, 0.05) is 23.6 Å². The van der Waals surface area contributed by atoms with Gasteiger partial charge in [-0.1, -0.05) is 0 Å². The Labute approximate surface area is 120 Å². The van der Waals surface area contributed by atoms with Gasteiger partial charge in [-0.3, -0.25) is 5.10 Å². The van der Waals surface area contributed by atoms with Gasteiger partial charge in [0.2, 0.25) is 0 Å². The molecule has 4 aliphatic rings. The van der Waals surface area contributed by atoms with E-state index < -0.39 is 0 Å². The number of aliphatic hydroxyl groups is 1. The van der Waals surface area contributed by atoms with Crippen LogP contribution in [-0.2, 0) is 5.41 Å². The average molecular weight is 275 g/mol. The lowest BCUT2D eigenvalue weighted by Crippen LogP contribution is -2.48. The van der Waals surface area contributed by atoms with Crippen LogP contribution in [0.2, 0.25) is 0 Å². The SMILES string of the molecule is NCC(CO)c1cc(C23CC4CC(CC(C4)C2)C3)n[nH]1. The van der Waals surface area contributed by atoms with Gasteiger partial charge in [0.1, 0.15) is 0 Å². The zero-order valence-electron chi connectivity index (χ0n) is 12.0. The van der Waals surface area contributed by atoms with Crippen molar-refractivity contribution in [1.82, 2.24) is 10.2 Å². The predicted octanol–water partition coefficient (Wildman–Crippen LogP) is 1.91. The highest BCUT2D eigenvalue weighted by molar-refractivity contribution is 5.26. The van der Waals surface area contributed by atoms with E-state index in [4.69, 9.17) is 5.73 Å². The van der Waals surface area contributed by atoms with Crippen LogP contribution in [0.4, 0.5) is 0 Å².